The van der Waals surface area contributed by atoms with Crippen molar-refractivity contribution < 1.29 is 19.4 Å². The van der Waals surface area contributed by atoms with Gasteiger partial charge < -0.3 is 20.5 Å². The summed E-state index contributed by atoms with van der Waals surface area (Å²) >= 11 is 0. The molecule has 1 aliphatic rings. The van der Waals surface area contributed by atoms with Gasteiger partial charge in [-0.15, -0.1) is 0 Å². The summed E-state index contributed by atoms with van der Waals surface area (Å²) < 4.78 is 4.90. The molecule has 0 saturated carbocycles. The van der Waals surface area contributed by atoms with E-state index in [1.807, 2.05) is 13.8 Å². The second-order valence-electron chi connectivity index (χ2n) is 6.37. The number of carbonyl (C=O) groups excluding carboxylic acids is 2. The zero-order valence-electron chi connectivity index (χ0n) is 12.7. The van der Waals surface area contributed by atoms with E-state index in [4.69, 9.17) is 4.74 Å². The van der Waals surface area contributed by atoms with Crippen LogP contribution in [-0.4, -0.2) is 47.8 Å². The van der Waals surface area contributed by atoms with E-state index < -0.39 is 17.7 Å². The largest absolute Gasteiger partial charge is 0.390 e. The molecule has 2 atom stereocenters. The average molecular weight is 286 g/mol. The van der Waals surface area contributed by atoms with Crippen LogP contribution in [0.1, 0.15) is 40.5 Å². The van der Waals surface area contributed by atoms with Crippen LogP contribution in [0.2, 0.25) is 0 Å². The Bertz CT molecular complexity index is 346. The molecule has 1 heterocycles. The average Bonchev–Trinajstić information content (AvgIpc) is 3.08. The zero-order chi connectivity index (χ0) is 15.3. The van der Waals surface area contributed by atoms with Crippen LogP contribution >= 0.6 is 0 Å². The fraction of sp³-hybridized carbons (Fsp3) is 0.857. The van der Waals surface area contributed by atoms with Crippen molar-refractivity contribution in [3.8, 4) is 0 Å². The van der Waals surface area contributed by atoms with E-state index in [1.54, 1.807) is 13.8 Å². The number of rotatable bonds is 8. The first-order valence-corrected chi connectivity index (χ1v) is 7.11. The first-order chi connectivity index (χ1) is 9.19. The lowest BCUT2D eigenvalue weighted by Crippen LogP contribution is -2.49. The van der Waals surface area contributed by atoms with Crippen molar-refractivity contribution in [3.05, 3.63) is 0 Å². The van der Waals surface area contributed by atoms with Gasteiger partial charge in [-0.3, -0.25) is 9.59 Å². The summed E-state index contributed by atoms with van der Waals surface area (Å²) in [5.74, 6) is -0.148. The molecule has 3 N–H and O–H groups in total. The highest BCUT2D eigenvalue weighted by molar-refractivity contribution is 5.90. The zero-order valence-corrected chi connectivity index (χ0v) is 12.7. The Kier molecular flexibility index (Phi) is 5.95. The lowest BCUT2D eigenvalue weighted by Gasteiger charge is -2.21. The number of carbonyl (C=O) groups is 2. The monoisotopic (exact) mass is 286 g/mol. The molecule has 0 aromatic heterocycles. The topological polar surface area (TPSA) is 91.0 Å². The van der Waals surface area contributed by atoms with Gasteiger partial charge in [0.05, 0.1) is 12.2 Å². The van der Waals surface area contributed by atoms with E-state index in [2.05, 4.69) is 10.6 Å². The molecule has 6 nitrogen and oxygen atoms in total. The Hall–Kier alpha value is -1.14. The van der Waals surface area contributed by atoms with Crippen molar-refractivity contribution in [1.82, 2.24) is 10.6 Å². The number of hydrogen-bond donors (Lipinski definition) is 3. The molecule has 0 aliphatic carbocycles. The van der Waals surface area contributed by atoms with Crippen LogP contribution in [0.5, 0.6) is 0 Å². The predicted octanol–water partition coefficient (Wildman–Crippen LogP) is 0.193. The Balaban J connectivity index is 2.44. The van der Waals surface area contributed by atoms with Gasteiger partial charge in [-0.1, -0.05) is 13.8 Å². The van der Waals surface area contributed by atoms with Crippen LogP contribution in [0.15, 0.2) is 0 Å². The summed E-state index contributed by atoms with van der Waals surface area (Å²) in [5, 5.41) is 15.1. The number of amides is 2. The Morgan fingerprint density at radius 3 is 2.45 bits per heavy atom. The van der Waals surface area contributed by atoms with Gasteiger partial charge in [-0.25, -0.2) is 0 Å². The van der Waals surface area contributed by atoms with Gasteiger partial charge in [0.25, 0.3) is 5.91 Å². The van der Waals surface area contributed by atoms with Crippen LogP contribution in [0.3, 0.4) is 0 Å². The molecule has 0 spiro atoms. The van der Waals surface area contributed by atoms with Crippen molar-refractivity contribution in [2.24, 2.45) is 5.92 Å². The SMILES string of the molecule is CC(C)CC(NC(=O)[C@@H]1CO1)C(=O)NCCC(C)(C)O. The number of ether oxygens (including phenoxy) is 1. The highest BCUT2D eigenvalue weighted by Crippen LogP contribution is 2.11. The van der Waals surface area contributed by atoms with Crippen molar-refractivity contribution in [1.29, 1.82) is 0 Å². The molecule has 1 aliphatic heterocycles. The second-order valence-corrected chi connectivity index (χ2v) is 6.37. The molecule has 1 rings (SSSR count). The summed E-state index contributed by atoms with van der Waals surface area (Å²) in [6, 6.07) is -0.548. The summed E-state index contributed by atoms with van der Waals surface area (Å²) in [7, 11) is 0. The van der Waals surface area contributed by atoms with Crippen molar-refractivity contribution in [3.63, 3.8) is 0 Å². The molecule has 116 valence electrons. The quantitative estimate of drug-likeness (QED) is 0.556. The van der Waals surface area contributed by atoms with Crippen molar-refractivity contribution >= 4 is 11.8 Å². The lowest BCUT2D eigenvalue weighted by atomic mass is 10.0. The van der Waals surface area contributed by atoms with Gasteiger partial charge in [0.1, 0.15) is 6.04 Å². The summed E-state index contributed by atoms with van der Waals surface area (Å²) in [4.78, 5) is 23.8. The minimum absolute atomic E-state index is 0.211. The van der Waals surface area contributed by atoms with Crippen LogP contribution in [0, 0.1) is 5.92 Å². The van der Waals surface area contributed by atoms with Crippen LogP contribution in [0.4, 0.5) is 0 Å². The van der Waals surface area contributed by atoms with E-state index in [0.29, 0.717) is 31.9 Å². The summed E-state index contributed by atoms with van der Waals surface area (Å²) in [5.41, 5.74) is -0.814. The Morgan fingerprint density at radius 1 is 1.40 bits per heavy atom. The number of hydrogen-bond acceptors (Lipinski definition) is 4. The molecule has 2 amide bonds. The van der Waals surface area contributed by atoms with Crippen LogP contribution in [-0.2, 0) is 14.3 Å². The first-order valence-electron chi connectivity index (χ1n) is 7.11. The van der Waals surface area contributed by atoms with E-state index in [9.17, 15) is 14.7 Å². The lowest BCUT2D eigenvalue weighted by molar-refractivity contribution is -0.130. The number of epoxide rings is 1. The predicted molar refractivity (Wildman–Crippen MR) is 75.1 cm³/mol. The smallest absolute Gasteiger partial charge is 0.252 e. The Morgan fingerprint density at radius 2 is 2.00 bits per heavy atom. The molecule has 0 bridgehead atoms. The molecular weight excluding hydrogens is 260 g/mol. The number of nitrogens with one attached hydrogen (secondary N) is 2. The highest BCUT2D eigenvalue weighted by atomic mass is 16.6. The molecular formula is C14H26N2O4. The van der Waals surface area contributed by atoms with E-state index in [0.717, 1.165) is 0 Å². The van der Waals surface area contributed by atoms with Crippen LogP contribution in [0.25, 0.3) is 0 Å². The molecule has 0 aromatic rings. The van der Waals surface area contributed by atoms with Gasteiger partial charge in [0, 0.05) is 6.54 Å². The van der Waals surface area contributed by atoms with E-state index in [1.165, 1.54) is 0 Å². The minimum atomic E-state index is -0.814. The molecule has 1 fully saturated rings. The molecule has 0 radical (unpaired) electrons. The second kappa shape index (κ2) is 7.04. The third-order valence-corrected chi connectivity index (χ3v) is 3.00. The standard InChI is InChI=1S/C14H26N2O4/c1-9(2)7-10(16-13(18)11-8-20-11)12(17)15-6-5-14(3,4)19/h9-11,19H,5-8H2,1-4H3,(H,15,17)(H,16,18)/t10?,11-/m0/s1. The van der Waals surface area contributed by atoms with Crippen molar-refractivity contribution in [2.45, 2.75) is 58.3 Å². The van der Waals surface area contributed by atoms with E-state index >= 15 is 0 Å². The van der Waals surface area contributed by atoms with Crippen molar-refractivity contribution in [2.75, 3.05) is 13.2 Å². The molecule has 1 unspecified atom stereocenters. The van der Waals surface area contributed by atoms with Gasteiger partial charge in [-0.2, -0.15) is 0 Å². The molecule has 6 heteroatoms. The highest BCUT2D eigenvalue weighted by Gasteiger charge is 2.34. The van der Waals surface area contributed by atoms with Gasteiger partial charge in [-0.05, 0) is 32.6 Å². The Labute approximate surface area is 120 Å². The molecule has 0 aromatic carbocycles. The number of aliphatic hydroxyl groups is 1. The van der Waals surface area contributed by atoms with Gasteiger partial charge in [0.15, 0.2) is 6.10 Å². The normalized spacial score (nSPS) is 19.6. The molecule has 1 saturated heterocycles. The summed E-state index contributed by atoms with van der Waals surface area (Å²) in [6.45, 7) is 8.19. The van der Waals surface area contributed by atoms with E-state index in [-0.39, 0.29) is 11.8 Å². The first kappa shape index (κ1) is 16.9. The van der Waals surface area contributed by atoms with Crippen LogP contribution < -0.4 is 10.6 Å². The van der Waals surface area contributed by atoms with Gasteiger partial charge >= 0.3 is 0 Å². The maximum Gasteiger partial charge on any atom is 0.252 e. The fourth-order valence-electron chi connectivity index (χ4n) is 1.78. The summed E-state index contributed by atoms with van der Waals surface area (Å²) in [6.07, 6.45) is 0.647. The fourth-order valence-corrected chi connectivity index (χ4v) is 1.78. The van der Waals surface area contributed by atoms with Gasteiger partial charge in [0.2, 0.25) is 5.91 Å². The maximum absolute atomic E-state index is 12.1. The molecule has 20 heavy (non-hydrogen) atoms. The minimum Gasteiger partial charge on any atom is -0.390 e. The third-order valence-electron chi connectivity index (χ3n) is 3.00. The third kappa shape index (κ3) is 6.86. The maximum atomic E-state index is 12.1.